The smallest absolute Gasteiger partial charge is 0.341 e. The first kappa shape index (κ1) is 25.8. The van der Waals surface area contributed by atoms with Gasteiger partial charge in [0.2, 0.25) is 5.91 Å². The number of imide groups is 1. The van der Waals surface area contributed by atoms with Crippen LogP contribution in [0.25, 0.3) is 0 Å². The summed E-state index contributed by atoms with van der Waals surface area (Å²) in [7, 11) is 1.34. The third kappa shape index (κ3) is 4.17. The van der Waals surface area contributed by atoms with Crippen molar-refractivity contribution in [3.05, 3.63) is 82.2 Å². The second-order valence-electron chi connectivity index (χ2n) is 11.6. The van der Waals surface area contributed by atoms with E-state index in [9.17, 15) is 14.4 Å². The molecule has 7 nitrogen and oxygen atoms in total. The number of nitrogens with zero attached hydrogens (tertiary/aromatic N) is 2. The highest BCUT2D eigenvalue weighted by Crippen LogP contribution is 2.51. The maximum absolute atomic E-state index is 14.2. The Morgan fingerprint density at radius 1 is 1.00 bits per heavy atom. The Kier molecular flexibility index (Phi) is 6.35. The summed E-state index contributed by atoms with van der Waals surface area (Å²) in [5.41, 5.74) is 3.02. The summed E-state index contributed by atoms with van der Waals surface area (Å²) in [6, 6.07) is 18.7. The molecular weight excluding hydrogens is 512 g/mol. The van der Waals surface area contributed by atoms with Crippen LogP contribution in [0.4, 0.5) is 10.7 Å². The average molecular weight is 545 g/mol. The fourth-order valence-corrected chi connectivity index (χ4v) is 7.61. The molecule has 0 spiro atoms. The molecule has 1 aromatic heterocycles. The summed E-state index contributed by atoms with van der Waals surface area (Å²) in [5, 5.41) is 2.05. The number of rotatable bonds is 4. The van der Waals surface area contributed by atoms with Crippen LogP contribution < -0.4 is 9.96 Å². The van der Waals surface area contributed by atoms with Gasteiger partial charge in [-0.3, -0.25) is 14.4 Å². The zero-order valence-corrected chi connectivity index (χ0v) is 23.4. The van der Waals surface area contributed by atoms with Gasteiger partial charge in [-0.05, 0) is 53.9 Å². The maximum atomic E-state index is 14.2. The van der Waals surface area contributed by atoms with Gasteiger partial charge >= 0.3 is 5.97 Å². The number of hydrogen-bond donors (Lipinski definition) is 0. The van der Waals surface area contributed by atoms with Gasteiger partial charge in [0.25, 0.3) is 5.91 Å². The number of thiophene rings is 1. The van der Waals surface area contributed by atoms with Gasteiger partial charge in [-0.1, -0.05) is 69.3 Å². The molecule has 2 aromatic carbocycles. The summed E-state index contributed by atoms with van der Waals surface area (Å²) >= 11 is 1.38. The van der Waals surface area contributed by atoms with Gasteiger partial charge in [-0.2, -0.15) is 0 Å². The molecule has 39 heavy (non-hydrogen) atoms. The number of hydroxylamine groups is 1. The molecule has 4 atom stereocenters. The number of ether oxygens (including phenoxy) is 1. The Bertz CT molecular complexity index is 1430. The molecule has 0 unspecified atom stereocenters. The van der Waals surface area contributed by atoms with Crippen molar-refractivity contribution in [1.82, 2.24) is 0 Å². The predicted molar refractivity (Wildman–Crippen MR) is 150 cm³/mol. The lowest BCUT2D eigenvalue weighted by molar-refractivity contribution is -0.126. The molecule has 3 aromatic rings. The van der Waals surface area contributed by atoms with Crippen LogP contribution in [0.15, 0.2) is 60.7 Å². The minimum absolute atomic E-state index is 0.112. The van der Waals surface area contributed by atoms with E-state index in [1.807, 2.05) is 60.7 Å². The second-order valence-corrected chi connectivity index (χ2v) is 12.6. The highest BCUT2D eigenvalue weighted by molar-refractivity contribution is 7.17. The number of methoxy groups -OCH3 is 1. The van der Waals surface area contributed by atoms with Crippen molar-refractivity contribution < 1.29 is 24.0 Å². The van der Waals surface area contributed by atoms with Crippen molar-refractivity contribution in [2.75, 3.05) is 17.1 Å². The minimum atomic E-state index is -0.991. The lowest BCUT2D eigenvalue weighted by atomic mass is 9.72. The molecule has 0 bridgehead atoms. The molecule has 1 aliphatic carbocycles. The number of carbonyl (C=O) groups is 3. The quantitative estimate of drug-likeness (QED) is 0.308. The van der Waals surface area contributed by atoms with Crippen molar-refractivity contribution in [2.24, 2.45) is 17.3 Å². The van der Waals surface area contributed by atoms with Gasteiger partial charge in [0.05, 0.1) is 24.4 Å². The third-order valence-corrected chi connectivity index (χ3v) is 9.57. The van der Waals surface area contributed by atoms with Crippen LogP contribution in [0.3, 0.4) is 0 Å². The van der Waals surface area contributed by atoms with Crippen LogP contribution in [0.1, 0.15) is 59.6 Å². The number of para-hydroxylation sites is 1. The summed E-state index contributed by atoms with van der Waals surface area (Å²) in [4.78, 5) is 49.8. The maximum Gasteiger partial charge on any atom is 0.341 e. The van der Waals surface area contributed by atoms with Gasteiger partial charge in [-0.15, -0.1) is 11.3 Å². The summed E-state index contributed by atoms with van der Waals surface area (Å²) in [6.45, 7) is 6.69. The van der Waals surface area contributed by atoms with Crippen molar-refractivity contribution >= 4 is 39.8 Å². The molecular formula is C31H32N2O5S. The summed E-state index contributed by atoms with van der Waals surface area (Å²) < 4.78 is 5.16. The third-order valence-electron chi connectivity index (χ3n) is 8.33. The largest absolute Gasteiger partial charge is 0.465 e. The number of fused-ring (bicyclic) bond motifs is 2. The summed E-state index contributed by atoms with van der Waals surface area (Å²) in [6.07, 6.45) is 1.47. The normalized spacial score (nSPS) is 24.6. The van der Waals surface area contributed by atoms with E-state index in [0.717, 1.165) is 34.5 Å². The zero-order chi connectivity index (χ0) is 27.5. The number of hydrogen-bond acceptors (Lipinski definition) is 7. The molecule has 0 radical (unpaired) electrons. The van der Waals surface area contributed by atoms with Gasteiger partial charge < -0.3 is 4.74 Å². The molecule has 2 saturated heterocycles. The Morgan fingerprint density at radius 2 is 1.67 bits per heavy atom. The van der Waals surface area contributed by atoms with Gasteiger partial charge in [-0.25, -0.2) is 14.8 Å². The topological polar surface area (TPSA) is 76.2 Å². The van der Waals surface area contributed by atoms with E-state index in [2.05, 4.69) is 20.8 Å². The molecule has 202 valence electrons. The van der Waals surface area contributed by atoms with Crippen molar-refractivity contribution in [2.45, 2.75) is 52.2 Å². The second kappa shape index (κ2) is 9.61. The van der Waals surface area contributed by atoms with E-state index in [-0.39, 0.29) is 11.3 Å². The van der Waals surface area contributed by atoms with Crippen LogP contribution in [0, 0.1) is 17.3 Å². The van der Waals surface area contributed by atoms with E-state index >= 15 is 0 Å². The molecule has 0 N–H and O–H groups in total. The summed E-state index contributed by atoms with van der Waals surface area (Å²) in [5.74, 6) is -1.63. The monoisotopic (exact) mass is 544 g/mol. The molecule has 3 heterocycles. The van der Waals surface area contributed by atoms with Crippen LogP contribution in [0.5, 0.6) is 0 Å². The van der Waals surface area contributed by atoms with E-state index in [4.69, 9.17) is 9.57 Å². The van der Waals surface area contributed by atoms with Crippen LogP contribution in [-0.2, 0) is 32.0 Å². The first-order chi connectivity index (χ1) is 18.7. The lowest BCUT2D eigenvalue weighted by Gasteiger charge is -2.33. The Hall–Kier alpha value is -3.49. The number of benzene rings is 2. The predicted octanol–water partition coefficient (Wildman–Crippen LogP) is 5.74. The highest BCUT2D eigenvalue weighted by Gasteiger charge is 2.61. The Balaban J connectivity index is 1.42. The van der Waals surface area contributed by atoms with Crippen LogP contribution in [-0.4, -0.2) is 31.0 Å². The van der Waals surface area contributed by atoms with E-state index in [0.29, 0.717) is 22.9 Å². The molecule has 8 heteroatoms. The van der Waals surface area contributed by atoms with Crippen molar-refractivity contribution in [1.29, 1.82) is 0 Å². The highest BCUT2D eigenvalue weighted by atomic mass is 32.1. The van der Waals surface area contributed by atoms with E-state index in [1.165, 1.54) is 23.3 Å². The fourth-order valence-electron chi connectivity index (χ4n) is 6.18. The lowest BCUT2D eigenvalue weighted by Crippen LogP contribution is -2.37. The van der Waals surface area contributed by atoms with Crippen molar-refractivity contribution in [3.63, 3.8) is 0 Å². The Labute approximate surface area is 232 Å². The Morgan fingerprint density at radius 3 is 2.31 bits per heavy atom. The van der Waals surface area contributed by atoms with Gasteiger partial charge in [0.15, 0.2) is 6.10 Å². The van der Waals surface area contributed by atoms with E-state index in [1.54, 1.807) is 5.06 Å². The van der Waals surface area contributed by atoms with Gasteiger partial charge in [0, 0.05) is 4.88 Å². The molecule has 2 fully saturated rings. The molecule has 0 saturated carbocycles. The molecule has 2 amide bonds. The van der Waals surface area contributed by atoms with E-state index < -0.39 is 29.9 Å². The fraction of sp³-hybridized carbons (Fsp3) is 0.387. The SMILES string of the molecule is COC(=O)c1c(N2C(=O)[C@@H]3[C@@H](c4ccccc4)N(c4ccccc4)O[C@H]3C2=O)sc2c1CC[C@@H](C(C)(C)C)C2. The van der Waals surface area contributed by atoms with Crippen molar-refractivity contribution in [3.8, 4) is 0 Å². The first-order valence-electron chi connectivity index (χ1n) is 13.4. The number of esters is 1. The average Bonchev–Trinajstić information content (AvgIpc) is 3.58. The standard InChI is InChI=1S/C31H32N2O5S/c1-31(2,3)19-15-16-21-22(17-19)39-29(23(21)30(36)37-4)32-27(34)24-25(18-11-7-5-8-12-18)33(38-26(24)28(32)35)20-13-9-6-10-14-20/h5-14,19,24-26H,15-17H2,1-4H3/t19-,24-,25-,26-/m1/s1. The molecule has 6 rings (SSSR count). The zero-order valence-electron chi connectivity index (χ0n) is 22.5. The molecule has 2 aliphatic heterocycles. The number of amides is 2. The minimum Gasteiger partial charge on any atom is -0.465 e. The van der Waals surface area contributed by atoms with Crippen LogP contribution in [0.2, 0.25) is 0 Å². The molecule has 3 aliphatic rings. The number of carbonyl (C=O) groups excluding carboxylic acids is 3. The number of anilines is 2. The first-order valence-corrected chi connectivity index (χ1v) is 14.2. The van der Waals surface area contributed by atoms with Crippen LogP contribution >= 0.6 is 11.3 Å². The van der Waals surface area contributed by atoms with Gasteiger partial charge in [0.1, 0.15) is 10.9 Å².